The van der Waals surface area contributed by atoms with E-state index in [0.29, 0.717) is 16.7 Å². The van der Waals surface area contributed by atoms with Gasteiger partial charge in [-0.15, -0.1) is 0 Å². The van der Waals surface area contributed by atoms with Gasteiger partial charge in [-0.05, 0) is 18.2 Å². The van der Waals surface area contributed by atoms with E-state index in [1.54, 1.807) is 18.2 Å². The van der Waals surface area contributed by atoms with E-state index < -0.39 is 5.91 Å². The van der Waals surface area contributed by atoms with Crippen LogP contribution < -0.4 is 10.1 Å². The molecule has 3 rings (SSSR count). The van der Waals surface area contributed by atoms with Gasteiger partial charge in [-0.25, -0.2) is 0 Å². The molecule has 0 unspecified atom stereocenters. The average Bonchev–Trinajstić information content (AvgIpc) is 2.94. The fourth-order valence-electron chi connectivity index (χ4n) is 2.21. The Labute approximate surface area is 120 Å². The first-order valence-corrected chi connectivity index (χ1v) is 6.34. The van der Waals surface area contributed by atoms with Crippen molar-refractivity contribution in [1.82, 2.24) is 0 Å². The lowest BCUT2D eigenvalue weighted by atomic mass is 10.1. The maximum Gasteiger partial charge on any atom is 0.263 e. The van der Waals surface area contributed by atoms with Gasteiger partial charge < -0.3 is 19.6 Å². The molecular formula is C16H13NO4. The molecule has 0 spiro atoms. The van der Waals surface area contributed by atoms with Crippen LogP contribution in [0.25, 0.3) is 11.0 Å². The second-order valence-electron chi connectivity index (χ2n) is 4.46. The molecule has 0 atom stereocenters. The number of methoxy groups -OCH3 is 1. The van der Waals surface area contributed by atoms with Crippen molar-refractivity contribution >= 4 is 22.6 Å². The number of carbonyl (C=O) groups is 1. The number of phenols is 1. The van der Waals surface area contributed by atoms with Crippen LogP contribution in [0.3, 0.4) is 0 Å². The number of anilines is 1. The molecule has 3 aromatic rings. The molecule has 1 heterocycles. The number of ether oxygens (including phenoxy) is 1. The minimum atomic E-state index is -0.446. The first-order valence-electron chi connectivity index (χ1n) is 6.34. The third-order valence-electron chi connectivity index (χ3n) is 3.15. The normalized spacial score (nSPS) is 10.5. The Balaban J connectivity index is 2.06. The van der Waals surface area contributed by atoms with Gasteiger partial charge >= 0.3 is 0 Å². The van der Waals surface area contributed by atoms with Gasteiger partial charge in [0.05, 0.1) is 18.8 Å². The number of furan rings is 1. The van der Waals surface area contributed by atoms with Crippen molar-refractivity contribution in [3.8, 4) is 11.5 Å². The smallest absolute Gasteiger partial charge is 0.263 e. The first kappa shape index (κ1) is 13.1. The van der Waals surface area contributed by atoms with Gasteiger partial charge in [0.15, 0.2) is 0 Å². The van der Waals surface area contributed by atoms with Crippen LogP contribution in [0.4, 0.5) is 5.69 Å². The standard InChI is InChI=1S/C16H13NO4/c1-20-15-11-7-8-21-13(11)9-12(18)14(15)16(19)17-10-5-3-2-4-6-10/h2-9,18H,1H3,(H,17,19). The van der Waals surface area contributed by atoms with Crippen molar-refractivity contribution in [3.05, 3.63) is 54.3 Å². The minimum Gasteiger partial charge on any atom is -0.507 e. The molecule has 0 saturated carbocycles. The number of nitrogens with one attached hydrogen (secondary N) is 1. The fraction of sp³-hybridized carbons (Fsp3) is 0.0625. The summed E-state index contributed by atoms with van der Waals surface area (Å²) in [4.78, 5) is 12.4. The molecule has 1 aromatic heterocycles. The van der Waals surface area contributed by atoms with Crippen molar-refractivity contribution in [2.24, 2.45) is 0 Å². The zero-order valence-electron chi connectivity index (χ0n) is 11.3. The molecule has 106 valence electrons. The zero-order chi connectivity index (χ0) is 14.8. The van der Waals surface area contributed by atoms with E-state index in [4.69, 9.17) is 9.15 Å². The number of aromatic hydroxyl groups is 1. The second kappa shape index (κ2) is 5.20. The van der Waals surface area contributed by atoms with Gasteiger partial charge in [-0.3, -0.25) is 4.79 Å². The summed E-state index contributed by atoms with van der Waals surface area (Å²) >= 11 is 0. The predicted octanol–water partition coefficient (Wildman–Crippen LogP) is 3.40. The summed E-state index contributed by atoms with van der Waals surface area (Å²) in [5.74, 6) is -0.353. The van der Waals surface area contributed by atoms with Crippen molar-refractivity contribution in [2.75, 3.05) is 12.4 Å². The Hall–Kier alpha value is -2.95. The third-order valence-corrected chi connectivity index (χ3v) is 3.15. The lowest BCUT2D eigenvalue weighted by Crippen LogP contribution is -2.13. The maximum atomic E-state index is 12.4. The van der Waals surface area contributed by atoms with Crippen LogP contribution in [-0.2, 0) is 0 Å². The topological polar surface area (TPSA) is 71.7 Å². The number of amides is 1. The van der Waals surface area contributed by atoms with Gasteiger partial charge in [-0.1, -0.05) is 18.2 Å². The van der Waals surface area contributed by atoms with Crippen LogP contribution in [0.15, 0.2) is 53.1 Å². The molecule has 21 heavy (non-hydrogen) atoms. The molecular weight excluding hydrogens is 270 g/mol. The number of carbonyl (C=O) groups excluding carboxylic acids is 1. The molecule has 1 amide bonds. The number of benzene rings is 2. The Morgan fingerprint density at radius 2 is 2.00 bits per heavy atom. The highest BCUT2D eigenvalue weighted by Gasteiger charge is 2.22. The lowest BCUT2D eigenvalue weighted by molar-refractivity contribution is 0.102. The molecule has 0 aliphatic carbocycles. The Kier molecular flexibility index (Phi) is 3.23. The van der Waals surface area contributed by atoms with E-state index in [1.807, 2.05) is 18.2 Å². The largest absolute Gasteiger partial charge is 0.507 e. The Morgan fingerprint density at radius 1 is 1.24 bits per heavy atom. The summed E-state index contributed by atoms with van der Waals surface area (Å²) in [6.07, 6.45) is 1.48. The summed E-state index contributed by atoms with van der Waals surface area (Å²) < 4.78 is 10.5. The van der Waals surface area contributed by atoms with Gasteiger partial charge in [0, 0.05) is 11.8 Å². The van der Waals surface area contributed by atoms with Crippen molar-refractivity contribution in [3.63, 3.8) is 0 Å². The summed E-state index contributed by atoms with van der Waals surface area (Å²) in [6.45, 7) is 0. The van der Waals surface area contributed by atoms with E-state index in [2.05, 4.69) is 5.32 Å². The highest BCUT2D eigenvalue weighted by Crippen LogP contribution is 2.37. The highest BCUT2D eigenvalue weighted by molar-refractivity contribution is 6.11. The van der Waals surface area contributed by atoms with Crippen LogP contribution in [0.5, 0.6) is 11.5 Å². The quantitative estimate of drug-likeness (QED) is 0.772. The van der Waals surface area contributed by atoms with Crippen LogP contribution in [0.2, 0.25) is 0 Å². The van der Waals surface area contributed by atoms with Crippen LogP contribution >= 0.6 is 0 Å². The molecule has 0 aliphatic rings. The molecule has 0 saturated heterocycles. The van der Waals surface area contributed by atoms with Gasteiger partial charge in [0.25, 0.3) is 5.91 Å². The molecule has 0 bridgehead atoms. The average molecular weight is 283 g/mol. The van der Waals surface area contributed by atoms with E-state index in [-0.39, 0.29) is 17.1 Å². The summed E-state index contributed by atoms with van der Waals surface area (Å²) in [6, 6.07) is 12.1. The Bertz CT molecular complexity index is 793. The van der Waals surface area contributed by atoms with E-state index in [0.717, 1.165) is 0 Å². The SMILES string of the molecule is COc1c(C(=O)Nc2ccccc2)c(O)cc2occc12. The maximum absolute atomic E-state index is 12.4. The van der Waals surface area contributed by atoms with Gasteiger partial charge in [0.2, 0.25) is 0 Å². The molecule has 2 aromatic carbocycles. The molecule has 0 radical (unpaired) electrons. The number of hydrogen-bond acceptors (Lipinski definition) is 4. The molecule has 0 fully saturated rings. The van der Waals surface area contributed by atoms with Crippen LogP contribution in [0, 0.1) is 0 Å². The second-order valence-corrected chi connectivity index (χ2v) is 4.46. The van der Waals surface area contributed by atoms with E-state index >= 15 is 0 Å². The van der Waals surface area contributed by atoms with Crippen molar-refractivity contribution in [1.29, 1.82) is 0 Å². The minimum absolute atomic E-state index is 0.0789. The van der Waals surface area contributed by atoms with Crippen molar-refractivity contribution < 1.29 is 19.1 Å². The molecule has 2 N–H and O–H groups in total. The summed E-state index contributed by atoms with van der Waals surface area (Å²) in [7, 11) is 1.44. The lowest BCUT2D eigenvalue weighted by Gasteiger charge is -2.11. The van der Waals surface area contributed by atoms with Gasteiger partial charge in [0.1, 0.15) is 22.6 Å². The number of hydrogen-bond donors (Lipinski definition) is 2. The third kappa shape index (κ3) is 2.29. The number of para-hydroxylation sites is 1. The summed E-state index contributed by atoms with van der Waals surface area (Å²) in [5, 5.41) is 13.4. The predicted molar refractivity (Wildman–Crippen MR) is 78.8 cm³/mol. The van der Waals surface area contributed by atoms with E-state index in [9.17, 15) is 9.90 Å². The van der Waals surface area contributed by atoms with E-state index in [1.165, 1.54) is 19.4 Å². The number of fused-ring (bicyclic) bond motifs is 1. The highest BCUT2D eigenvalue weighted by atomic mass is 16.5. The number of phenolic OH excluding ortho intramolecular Hbond substituents is 1. The van der Waals surface area contributed by atoms with Crippen LogP contribution in [0.1, 0.15) is 10.4 Å². The molecule has 5 heteroatoms. The number of rotatable bonds is 3. The monoisotopic (exact) mass is 283 g/mol. The zero-order valence-corrected chi connectivity index (χ0v) is 11.3. The first-order chi connectivity index (χ1) is 10.2. The van der Waals surface area contributed by atoms with Crippen LogP contribution in [-0.4, -0.2) is 18.1 Å². The molecule has 5 nitrogen and oxygen atoms in total. The van der Waals surface area contributed by atoms with Crippen molar-refractivity contribution in [2.45, 2.75) is 0 Å². The molecule has 0 aliphatic heterocycles. The fourth-order valence-corrected chi connectivity index (χ4v) is 2.21. The summed E-state index contributed by atoms with van der Waals surface area (Å²) in [5.41, 5.74) is 1.17. The Morgan fingerprint density at radius 3 is 2.71 bits per heavy atom. The van der Waals surface area contributed by atoms with Gasteiger partial charge in [-0.2, -0.15) is 0 Å².